The summed E-state index contributed by atoms with van der Waals surface area (Å²) >= 11 is 3.40. The van der Waals surface area contributed by atoms with Crippen molar-refractivity contribution in [3.05, 3.63) is 66.0 Å². The van der Waals surface area contributed by atoms with E-state index in [2.05, 4.69) is 63.6 Å². The van der Waals surface area contributed by atoms with Crippen LogP contribution in [0.25, 0.3) is 15.5 Å². The number of nitrogens with zero attached hydrogens (tertiary/aromatic N) is 5. The number of benzene rings is 2. The number of fused-ring (bicyclic) bond motifs is 1. The summed E-state index contributed by atoms with van der Waals surface area (Å²) in [7, 11) is 4.08. The van der Waals surface area contributed by atoms with Gasteiger partial charge in [-0.15, -0.1) is 22.0 Å². The second-order valence-electron chi connectivity index (χ2n) is 6.14. The molecule has 0 radical (unpaired) electrons. The van der Waals surface area contributed by atoms with E-state index < -0.39 is 0 Å². The summed E-state index contributed by atoms with van der Waals surface area (Å²) in [4.78, 5) is 2.93. The Kier molecular flexibility index (Phi) is 4.90. The molecule has 4 rings (SSSR count). The summed E-state index contributed by atoms with van der Waals surface area (Å²) in [6.45, 7) is 0. The zero-order valence-corrected chi connectivity index (χ0v) is 16.3. The fourth-order valence-corrected chi connectivity index (χ4v) is 4.36. The maximum Gasteiger partial charge on any atom is 0.235 e. The third-order valence-electron chi connectivity index (χ3n) is 4.03. The zero-order chi connectivity index (χ0) is 17.9. The molecule has 4 aromatic rings. The van der Waals surface area contributed by atoms with Gasteiger partial charge in [-0.2, -0.15) is 9.61 Å². The number of rotatable bonds is 6. The smallest absolute Gasteiger partial charge is 0.235 e. The van der Waals surface area contributed by atoms with E-state index in [0.717, 1.165) is 32.9 Å². The van der Waals surface area contributed by atoms with Crippen molar-refractivity contribution in [1.82, 2.24) is 19.8 Å². The van der Waals surface area contributed by atoms with Crippen LogP contribution in [-0.4, -0.2) is 33.9 Å². The summed E-state index contributed by atoms with van der Waals surface area (Å²) in [5, 5.41) is 14.3. The first-order chi connectivity index (χ1) is 12.7. The molecule has 0 N–H and O–H groups in total. The van der Waals surface area contributed by atoms with Crippen molar-refractivity contribution in [3.8, 4) is 10.6 Å². The summed E-state index contributed by atoms with van der Waals surface area (Å²) in [6, 6.07) is 18.9. The minimum atomic E-state index is 0.790. The second-order valence-corrected chi connectivity index (χ2v) is 8.08. The minimum Gasteiger partial charge on any atom is -0.378 e. The van der Waals surface area contributed by atoms with E-state index >= 15 is 0 Å². The quantitative estimate of drug-likeness (QED) is 0.497. The molecule has 2 aromatic heterocycles. The molecule has 0 saturated heterocycles. The molecule has 0 amide bonds. The van der Waals surface area contributed by atoms with Gasteiger partial charge in [-0.25, -0.2) is 0 Å². The lowest BCUT2D eigenvalue weighted by molar-refractivity contribution is 0.887. The van der Waals surface area contributed by atoms with E-state index in [-0.39, 0.29) is 0 Å². The van der Waals surface area contributed by atoms with Crippen molar-refractivity contribution in [2.75, 3.05) is 19.0 Å². The van der Waals surface area contributed by atoms with Gasteiger partial charge in [0.15, 0.2) is 5.82 Å². The van der Waals surface area contributed by atoms with Crippen LogP contribution in [0.5, 0.6) is 0 Å². The van der Waals surface area contributed by atoms with E-state index in [0.29, 0.717) is 0 Å². The lowest BCUT2D eigenvalue weighted by Crippen LogP contribution is -2.07. The predicted octanol–water partition coefficient (Wildman–Crippen LogP) is 4.35. The molecule has 0 aliphatic carbocycles. The summed E-state index contributed by atoms with van der Waals surface area (Å²) in [6.07, 6.45) is 0. The van der Waals surface area contributed by atoms with E-state index in [1.165, 1.54) is 11.3 Å². The molecule has 0 bridgehead atoms. The Bertz CT molecular complexity index is 990. The average Bonchev–Trinajstić information content (AvgIpc) is 3.24. The second kappa shape index (κ2) is 7.47. The average molecular weight is 382 g/mol. The van der Waals surface area contributed by atoms with E-state index in [4.69, 9.17) is 5.10 Å². The van der Waals surface area contributed by atoms with Crippen LogP contribution >= 0.6 is 23.1 Å². The van der Waals surface area contributed by atoms with Crippen LogP contribution in [0.2, 0.25) is 0 Å². The lowest BCUT2D eigenvalue weighted by atomic mass is 10.2. The van der Waals surface area contributed by atoms with Crippen LogP contribution in [0, 0.1) is 0 Å². The van der Waals surface area contributed by atoms with Gasteiger partial charge in [0.1, 0.15) is 5.01 Å². The van der Waals surface area contributed by atoms with Gasteiger partial charge in [0.2, 0.25) is 4.96 Å². The molecule has 2 heterocycles. The number of thioether (sulfide) groups is 1. The van der Waals surface area contributed by atoms with Crippen molar-refractivity contribution in [2.45, 2.75) is 11.5 Å². The maximum absolute atomic E-state index is 4.73. The maximum atomic E-state index is 4.73. The molecule has 132 valence electrons. The van der Waals surface area contributed by atoms with Crippen molar-refractivity contribution < 1.29 is 0 Å². The molecule has 0 fully saturated rings. The summed E-state index contributed by atoms with van der Waals surface area (Å²) < 4.78 is 1.87. The molecule has 7 heteroatoms. The highest BCUT2D eigenvalue weighted by molar-refractivity contribution is 7.97. The van der Waals surface area contributed by atoms with E-state index in [1.807, 2.05) is 36.4 Å². The molecule has 0 spiro atoms. The van der Waals surface area contributed by atoms with Crippen molar-refractivity contribution in [1.29, 1.82) is 0 Å². The molecule has 0 unspecified atom stereocenters. The van der Waals surface area contributed by atoms with Crippen LogP contribution in [0.4, 0.5) is 5.69 Å². The highest BCUT2D eigenvalue weighted by atomic mass is 32.2. The fraction of sp³-hybridized carbons (Fsp3) is 0.211. The molecular weight excluding hydrogens is 362 g/mol. The first-order valence-electron chi connectivity index (χ1n) is 8.31. The van der Waals surface area contributed by atoms with Crippen molar-refractivity contribution >= 4 is 33.7 Å². The summed E-state index contributed by atoms with van der Waals surface area (Å²) in [5.41, 5.74) is 3.60. The molecule has 0 atom stereocenters. The first kappa shape index (κ1) is 17.1. The molecule has 0 aliphatic heterocycles. The minimum absolute atomic E-state index is 0.790. The standard InChI is InChI=1S/C19H19N5S2/c1-23(2)16-10-8-15(9-11-16)18-22-24-17(20-21-19(24)26-18)13-25-12-14-6-4-3-5-7-14/h3-11H,12-13H2,1-2H3. The van der Waals surface area contributed by atoms with Gasteiger partial charge in [0, 0.05) is 31.1 Å². The van der Waals surface area contributed by atoms with Crippen LogP contribution in [0.3, 0.4) is 0 Å². The largest absolute Gasteiger partial charge is 0.378 e. The third-order valence-corrected chi connectivity index (χ3v) is 5.98. The highest BCUT2D eigenvalue weighted by Crippen LogP contribution is 2.28. The fourth-order valence-electron chi connectivity index (χ4n) is 2.60. The van der Waals surface area contributed by atoms with Gasteiger partial charge in [-0.05, 0) is 29.8 Å². The molecule has 26 heavy (non-hydrogen) atoms. The number of aromatic nitrogens is 4. The Morgan fingerprint density at radius 3 is 2.46 bits per heavy atom. The van der Waals surface area contributed by atoms with Crippen LogP contribution in [0.15, 0.2) is 54.6 Å². The molecule has 0 aliphatic rings. The number of anilines is 1. The van der Waals surface area contributed by atoms with Crippen molar-refractivity contribution in [3.63, 3.8) is 0 Å². The predicted molar refractivity (Wildman–Crippen MR) is 110 cm³/mol. The zero-order valence-electron chi connectivity index (χ0n) is 14.7. The van der Waals surface area contributed by atoms with Gasteiger partial charge >= 0.3 is 0 Å². The molecule has 5 nitrogen and oxygen atoms in total. The first-order valence-corrected chi connectivity index (χ1v) is 10.3. The highest BCUT2D eigenvalue weighted by Gasteiger charge is 2.13. The molecule has 2 aromatic carbocycles. The summed E-state index contributed by atoms with van der Waals surface area (Å²) in [5.74, 6) is 2.64. The Morgan fingerprint density at radius 1 is 0.962 bits per heavy atom. The van der Waals surface area contributed by atoms with Crippen LogP contribution < -0.4 is 4.90 Å². The van der Waals surface area contributed by atoms with E-state index in [1.54, 1.807) is 11.3 Å². The van der Waals surface area contributed by atoms with Crippen LogP contribution in [0.1, 0.15) is 11.4 Å². The van der Waals surface area contributed by atoms with Gasteiger partial charge in [0.25, 0.3) is 0 Å². The van der Waals surface area contributed by atoms with Gasteiger partial charge < -0.3 is 4.90 Å². The van der Waals surface area contributed by atoms with E-state index in [9.17, 15) is 0 Å². The van der Waals surface area contributed by atoms with Crippen LogP contribution in [-0.2, 0) is 11.5 Å². The Morgan fingerprint density at radius 2 is 1.73 bits per heavy atom. The van der Waals surface area contributed by atoms with Gasteiger partial charge in [0.05, 0.1) is 5.75 Å². The Labute approximate surface area is 160 Å². The third kappa shape index (κ3) is 3.59. The molecule has 0 saturated carbocycles. The number of hydrogen-bond acceptors (Lipinski definition) is 6. The monoisotopic (exact) mass is 381 g/mol. The molecular formula is C19H19N5S2. The normalized spacial score (nSPS) is 11.2. The Hall–Kier alpha value is -2.38. The van der Waals surface area contributed by atoms with Crippen molar-refractivity contribution in [2.24, 2.45) is 0 Å². The van der Waals surface area contributed by atoms with Gasteiger partial charge in [-0.1, -0.05) is 41.7 Å². The van der Waals surface area contributed by atoms with Gasteiger partial charge in [-0.3, -0.25) is 0 Å². The Balaban J connectivity index is 1.49. The topological polar surface area (TPSA) is 46.3 Å². The lowest BCUT2D eigenvalue weighted by Gasteiger charge is -2.11. The SMILES string of the molecule is CN(C)c1ccc(-c2nn3c(CSCc4ccccc4)nnc3s2)cc1. The number of hydrogen-bond donors (Lipinski definition) is 0.